The summed E-state index contributed by atoms with van der Waals surface area (Å²) in [6.45, 7) is 5.04. The Labute approximate surface area is 95.5 Å². The van der Waals surface area contributed by atoms with Gasteiger partial charge >= 0.3 is 5.97 Å². The van der Waals surface area contributed by atoms with Gasteiger partial charge in [0.15, 0.2) is 0 Å². The van der Waals surface area contributed by atoms with Crippen LogP contribution in [0.1, 0.15) is 6.92 Å². The fraction of sp³-hybridized carbons (Fsp3) is 0.100. The Morgan fingerprint density at radius 2 is 2.21 bits per heavy atom. The van der Waals surface area contributed by atoms with E-state index in [2.05, 4.69) is 6.58 Å². The van der Waals surface area contributed by atoms with E-state index in [1.807, 2.05) is 22.6 Å². The van der Waals surface area contributed by atoms with Gasteiger partial charge in [0.1, 0.15) is 11.5 Å². The average molecular weight is 304 g/mol. The van der Waals surface area contributed by atoms with Crippen LogP contribution in [-0.2, 0) is 4.79 Å². The third-order valence-electron chi connectivity index (χ3n) is 1.48. The van der Waals surface area contributed by atoms with Crippen molar-refractivity contribution in [2.24, 2.45) is 0 Å². The molecule has 0 amide bonds. The molecule has 0 saturated carbocycles. The van der Waals surface area contributed by atoms with Crippen molar-refractivity contribution in [2.75, 3.05) is 0 Å². The molecule has 1 rings (SSSR count). The number of benzene rings is 1. The molecule has 0 unspecified atom stereocenters. The first-order chi connectivity index (χ1) is 6.50. The van der Waals surface area contributed by atoms with Crippen molar-refractivity contribution in [1.29, 1.82) is 0 Å². The summed E-state index contributed by atoms with van der Waals surface area (Å²) in [7, 11) is 0. The first kappa shape index (κ1) is 11.0. The Bertz CT molecular complexity index is 385. The van der Waals surface area contributed by atoms with Crippen LogP contribution in [0.3, 0.4) is 0 Å². The van der Waals surface area contributed by atoms with Crippen molar-refractivity contribution in [3.8, 4) is 11.5 Å². The average Bonchev–Trinajstić information content (AvgIpc) is 2.11. The van der Waals surface area contributed by atoms with E-state index < -0.39 is 5.97 Å². The number of rotatable bonds is 2. The summed E-state index contributed by atoms with van der Waals surface area (Å²) < 4.78 is 5.59. The minimum absolute atomic E-state index is 0.167. The normalized spacial score (nSPS) is 9.57. The van der Waals surface area contributed by atoms with Crippen molar-refractivity contribution in [3.63, 3.8) is 0 Å². The predicted octanol–water partition coefficient (Wildman–Crippen LogP) is 2.48. The van der Waals surface area contributed by atoms with Gasteiger partial charge in [-0.25, -0.2) is 4.79 Å². The van der Waals surface area contributed by atoms with E-state index >= 15 is 0 Å². The van der Waals surface area contributed by atoms with Crippen molar-refractivity contribution in [1.82, 2.24) is 0 Å². The summed E-state index contributed by atoms with van der Waals surface area (Å²) in [4.78, 5) is 11.1. The van der Waals surface area contributed by atoms with Crippen LogP contribution in [0.15, 0.2) is 30.4 Å². The highest BCUT2D eigenvalue weighted by atomic mass is 127. The van der Waals surface area contributed by atoms with Crippen molar-refractivity contribution in [3.05, 3.63) is 33.9 Å². The van der Waals surface area contributed by atoms with Crippen molar-refractivity contribution < 1.29 is 14.6 Å². The van der Waals surface area contributed by atoms with Gasteiger partial charge in [-0.15, -0.1) is 0 Å². The highest BCUT2D eigenvalue weighted by Crippen LogP contribution is 2.24. The lowest BCUT2D eigenvalue weighted by Gasteiger charge is -2.04. The van der Waals surface area contributed by atoms with Gasteiger partial charge in [-0.3, -0.25) is 0 Å². The molecule has 0 aliphatic rings. The maximum Gasteiger partial charge on any atom is 0.338 e. The maximum atomic E-state index is 11.1. The van der Waals surface area contributed by atoms with Crippen LogP contribution in [-0.4, -0.2) is 11.1 Å². The zero-order valence-corrected chi connectivity index (χ0v) is 9.74. The largest absolute Gasteiger partial charge is 0.507 e. The minimum atomic E-state index is -0.466. The van der Waals surface area contributed by atoms with E-state index in [4.69, 9.17) is 4.74 Å². The molecule has 0 spiro atoms. The molecule has 0 aromatic heterocycles. The topological polar surface area (TPSA) is 46.5 Å². The lowest BCUT2D eigenvalue weighted by Crippen LogP contribution is -2.08. The van der Waals surface area contributed by atoms with Crippen LogP contribution in [0.2, 0.25) is 0 Å². The number of carbonyl (C=O) groups is 1. The molecule has 0 radical (unpaired) electrons. The van der Waals surface area contributed by atoms with Gasteiger partial charge in [-0.1, -0.05) is 6.58 Å². The van der Waals surface area contributed by atoms with Crippen LogP contribution in [0, 0.1) is 3.57 Å². The highest BCUT2D eigenvalue weighted by Gasteiger charge is 2.06. The minimum Gasteiger partial charge on any atom is -0.507 e. The van der Waals surface area contributed by atoms with Crippen molar-refractivity contribution in [2.45, 2.75) is 6.92 Å². The predicted molar refractivity (Wildman–Crippen MR) is 61.3 cm³/mol. The first-order valence-corrected chi connectivity index (χ1v) is 4.95. The molecular weight excluding hydrogens is 295 g/mol. The molecular formula is C10H9IO3. The van der Waals surface area contributed by atoms with Crippen molar-refractivity contribution >= 4 is 28.6 Å². The third kappa shape index (κ3) is 2.73. The Morgan fingerprint density at radius 1 is 1.57 bits per heavy atom. The number of phenolic OH excluding ortho intramolecular Hbond substituents is 1. The molecule has 1 aromatic rings. The lowest BCUT2D eigenvalue weighted by atomic mass is 10.3. The standard InChI is InChI=1S/C10H9IO3/c1-6(2)10(13)14-7-3-4-9(12)8(11)5-7/h3-5,12H,1H2,2H3. The lowest BCUT2D eigenvalue weighted by molar-refractivity contribution is -0.130. The summed E-state index contributed by atoms with van der Waals surface area (Å²) >= 11 is 1.95. The third-order valence-corrected chi connectivity index (χ3v) is 2.34. The number of carbonyl (C=O) groups excluding carboxylic acids is 1. The number of phenols is 1. The monoisotopic (exact) mass is 304 g/mol. The maximum absolute atomic E-state index is 11.1. The Morgan fingerprint density at radius 3 is 2.71 bits per heavy atom. The van der Waals surface area contributed by atoms with Crippen LogP contribution in [0.4, 0.5) is 0 Å². The molecule has 74 valence electrons. The summed E-state index contributed by atoms with van der Waals surface area (Å²) in [5.74, 6) is 0.104. The van der Waals surface area contributed by atoms with Gasteiger partial charge < -0.3 is 9.84 Å². The number of hydrogen-bond donors (Lipinski definition) is 1. The molecule has 1 N–H and O–H groups in total. The summed E-state index contributed by atoms with van der Waals surface area (Å²) in [6.07, 6.45) is 0. The number of esters is 1. The fourth-order valence-electron chi connectivity index (χ4n) is 0.745. The van der Waals surface area contributed by atoms with Gasteiger partial charge in [0, 0.05) is 5.57 Å². The Balaban J connectivity index is 2.83. The zero-order valence-electron chi connectivity index (χ0n) is 7.58. The molecule has 0 saturated heterocycles. The van der Waals surface area contributed by atoms with E-state index in [1.54, 1.807) is 13.0 Å². The number of aromatic hydroxyl groups is 1. The summed E-state index contributed by atoms with van der Waals surface area (Å²) in [6, 6.07) is 4.58. The molecule has 14 heavy (non-hydrogen) atoms. The van der Waals surface area contributed by atoms with E-state index in [0.717, 1.165) is 0 Å². The van der Waals surface area contributed by atoms with Gasteiger partial charge in [-0.05, 0) is 47.7 Å². The van der Waals surface area contributed by atoms with Gasteiger partial charge in [0.25, 0.3) is 0 Å². The number of halogens is 1. The molecule has 0 atom stereocenters. The van der Waals surface area contributed by atoms with E-state index in [0.29, 0.717) is 14.9 Å². The van der Waals surface area contributed by atoms with Gasteiger partial charge in [0.2, 0.25) is 0 Å². The van der Waals surface area contributed by atoms with Crippen LogP contribution in [0.25, 0.3) is 0 Å². The molecule has 0 aliphatic heterocycles. The molecule has 0 heterocycles. The molecule has 0 aliphatic carbocycles. The fourth-order valence-corrected chi connectivity index (χ4v) is 1.23. The Kier molecular flexibility index (Phi) is 3.51. The van der Waals surface area contributed by atoms with E-state index in [1.165, 1.54) is 12.1 Å². The van der Waals surface area contributed by atoms with E-state index in [9.17, 15) is 9.90 Å². The first-order valence-electron chi connectivity index (χ1n) is 3.87. The number of hydrogen-bond acceptors (Lipinski definition) is 3. The summed E-state index contributed by atoms with van der Waals surface area (Å²) in [5.41, 5.74) is 0.341. The second-order valence-corrected chi connectivity index (χ2v) is 3.95. The molecule has 3 nitrogen and oxygen atoms in total. The Hall–Kier alpha value is -1.04. The van der Waals surface area contributed by atoms with Gasteiger partial charge in [-0.2, -0.15) is 0 Å². The molecule has 0 fully saturated rings. The second kappa shape index (κ2) is 4.45. The second-order valence-electron chi connectivity index (χ2n) is 2.78. The SMILES string of the molecule is C=C(C)C(=O)Oc1ccc(O)c(I)c1. The highest BCUT2D eigenvalue weighted by molar-refractivity contribution is 14.1. The number of ether oxygens (including phenoxy) is 1. The van der Waals surface area contributed by atoms with Gasteiger partial charge in [0.05, 0.1) is 3.57 Å². The zero-order chi connectivity index (χ0) is 10.7. The molecule has 4 heteroatoms. The van der Waals surface area contributed by atoms with Crippen LogP contribution < -0.4 is 4.74 Å². The quantitative estimate of drug-likeness (QED) is 0.395. The smallest absolute Gasteiger partial charge is 0.338 e. The molecule has 1 aromatic carbocycles. The van der Waals surface area contributed by atoms with E-state index in [-0.39, 0.29) is 5.75 Å². The molecule has 0 bridgehead atoms. The summed E-state index contributed by atoms with van der Waals surface area (Å²) in [5, 5.41) is 9.22. The van der Waals surface area contributed by atoms with Crippen LogP contribution in [0.5, 0.6) is 11.5 Å². The van der Waals surface area contributed by atoms with Crippen LogP contribution >= 0.6 is 22.6 Å².